The van der Waals surface area contributed by atoms with Gasteiger partial charge in [-0.2, -0.15) is 0 Å². The molecule has 178 valence electrons. The summed E-state index contributed by atoms with van der Waals surface area (Å²) in [5.41, 5.74) is 7.08. The van der Waals surface area contributed by atoms with Crippen LogP contribution in [0.4, 0.5) is 0 Å². The van der Waals surface area contributed by atoms with Gasteiger partial charge in [-0.05, 0) is 41.3 Å². The number of aliphatic hydroxyl groups excluding tert-OH is 1. The minimum Gasteiger partial charge on any atom is -0.494 e. The van der Waals surface area contributed by atoms with Gasteiger partial charge in [0.1, 0.15) is 6.61 Å². The Labute approximate surface area is 201 Å². The number of aromatic amines is 1. The van der Waals surface area contributed by atoms with Crippen LogP contribution in [0.2, 0.25) is 0 Å². The number of nitrogens with one attached hydrogen (secondary N) is 1. The van der Waals surface area contributed by atoms with Crippen LogP contribution in [-0.4, -0.2) is 52.7 Å². The summed E-state index contributed by atoms with van der Waals surface area (Å²) in [6.45, 7) is 1.25. The zero-order valence-corrected chi connectivity index (χ0v) is 19.4. The number of carbonyl (C=O) groups is 1. The van der Waals surface area contributed by atoms with E-state index in [1.165, 1.54) is 5.56 Å². The van der Waals surface area contributed by atoms with Crippen molar-refractivity contribution in [3.63, 3.8) is 0 Å². The molecule has 1 aliphatic carbocycles. The van der Waals surface area contributed by atoms with Crippen molar-refractivity contribution in [2.24, 2.45) is 0 Å². The van der Waals surface area contributed by atoms with Crippen LogP contribution in [0.15, 0.2) is 48.7 Å². The summed E-state index contributed by atoms with van der Waals surface area (Å²) >= 11 is 0. The number of fused-ring (bicyclic) bond motifs is 10. The molecule has 1 aliphatic rings. The van der Waals surface area contributed by atoms with E-state index >= 15 is 0 Å². The van der Waals surface area contributed by atoms with Crippen LogP contribution >= 0.6 is 0 Å². The largest absolute Gasteiger partial charge is 0.494 e. The Morgan fingerprint density at radius 3 is 2.80 bits per heavy atom. The van der Waals surface area contributed by atoms with Gasteiger partial charge in [0.15, 0.2) is 5.88 Å². The molecule has 0 aliphatic heterocycles. The van der Waals surface area contributed by atoms with E-state index in [-0.39, 0.29) is 19.1 Å². The molecular weight excluding hydrogens is 444 g/mol. The normalized spacial score (nSPS) is 12.5. The first-order valence-corrected chi connectivity index (χ1v) is 11.8. The maximum atomic E-state index is 12.7. The molecule has 0 saturated heterocycles. The van der Waals surface area contributed by atoms with Gasteiger partial charge >= 0.3 is 5.97 Å². The summed E-state index contributed by atoms with van der Waals surface area (Å²) in [6, 6.07) is 13.9. The number of H-pyrrole nitrogens is 1. The smallest absolute Gasteiger partial charge is 0.338 e. The van der Waals surface area contributed by atoms with Gasteiger partial charge in [-0.25, -0.2) is 4.79 Å². The lowest BCUT2D eigenvalue weighted by atomic mass is 9.96. The van der Waals surface area contributed by atoms with Crippen LogP contribution < -0.4 is 0 Å². The monoisotopic (exact) mass is 470 g/mol. The number of rotatable bonds is 7. The Kier molecular flexibility index (Phi) is 5.24. The molecule has 2 aromatic heterocycles. The molecule has 7 nitrogen and oxygen atoms in total. The van der Waals surface area contributed by atoms with E-state index in [4.69, 9.17) is 9.47 Å². The Hall–Kier alpha value is -3.81. The van der Waals surface area contributed by atoms with Crippen molar-refractivity contribution in [2.45, 2.75) is 19.4 Å². The number of aliphatic hydroxyl groups is 1. The third kappa shape index (κ3) is 3.23. The Morgan fingerprint density at radius 2 is 1.97 bits per heavy atom. The predicted octanol–water partition coefficient (Wildman–Crippen LogP) is 4.74. The molecule has 0 fully saturated rings. The van der Waals surface area contributed by atoms with Crippen molar-refractivity contribution < 1.29 is 24.5 Å². The van der Waals surface area contributed by atoms with Crippen LogP contribution in [0, 0.1) is 0 Å². The van der Waals surface area contributed by atoms with Gasteiger partial charge in [-0.15, -0.1) is 0 Å². The number of esters is 1. The highest BCUT2D eigenvalue weighted by molar-refractivity contribution is 6.27. The van der Waals surface area contributed by atoms with Crippen molar-refractivity contribution in [1.82, 2.24) is 9.55 Å². The first-order valence-electron chi connectivity index (χ1n) is 11.8. The van der Waals surface area contributed by atoms with E-state index in [1.807, 2.05) is 30.5 Å². The highest BCUT2D eigenvalue weighted by atomic mass is 16.6. The highest BCUT2D eigenvalue weighted by Crippen LogP contribution is 2.50. The quantitative estimate of drug-likeness (QED) is 0.231. The lowest BCUT2D eigenvalue weighted by molar-refractivity contribution is 0.0388. The van der Waals surface area contributed by atoms with Gasteiger partial charge in [0.2, 0.25) is 0 Å². The van der Waals surface area contributed by atoms with Crippen molar-refractivity contribution in [2.75, 3.05) is 26.9 Å². The number of hydrogen-bond donors (Lipinski definition) is 3. The summed E-state index contributed by atoms with van der Waals surface area (Å²) < 4.78 is 12.6. The zero-order valence-electron chi connectivity index (χ0n) is 19.4. The molecule has 0 atom stereocenters. The minimum absolute atomic E-state index is 0.0840. The SMILES string of the molecule is COCCOC(=O)c1ccc2c(c1)c1c3c[nH]c(O)c3c3c(c1n2CCCO)Cc1ccccc1-3. The molecule has 0 amide bonds. The molecule has 0 saturated carbocycles. The number of nitrogens with zero attached hydrogens (tertiary/aromatic N) is 1. The molecule has 7 heteroatoms. The van der Waals surface area contributed by atoms with Crippen molar-refractivity contribution in [3.8, 4) is 17.0 Å². The van der Waals surface area contributed by atoms with Gasteiger partial charge in [0.25, 0.3) is 0 Å². The average Bonchev–Trinajstić information content (AvgIpc) is 3.53. The summed E-state index contributed by atoms with van der Waals surface area (Å²) in [6.07, 6.45) is 3.20. The maximum Gasteiger partial charge on any atom is 0.338 e. The van der Waals surface area contributed by atoms with Gasteiger partial charge in [-0.1, -0.05) is 24.3 Å². The lowest BCUT2D eigenvalue weighted by Gasteiger charge is -2.12. The fourth-order valence-electron chi connectivity index (χ4n) is 5.54. The van der Waals surface area contributed by atoms with Crippen molar-refractivity contribution in [1.29, 1.82) is 0 Å². The first-order chi connectivity index (χ1) is 17.1. The summed E-state index contributed by atoms with van der Waals surface area (Å²) in [4.78, 5) is 15.7. The van der Waals surface area contributed by atoms with Gasteiger partial charge in [0, 0.05) is 60.1 Å². The molecule has 2 heterocycles. The van der Waals surface area contributed by atoms with Crippen LogP contribution in [-0.2, 0) is 22.4 Å². The second-order valence-corrected chi connectivity index (χ2v) is 8.93. The second-order valence-electron chi connectivity index (χ2n) is 8.93. The predicted molar refractivity (Wildman–Crippen MR) is 135 cm³/mol. The molecule has 35 heavy (non-hydrogen) atoms. The third-order valence-electron chi connectivity index (χ3n) is 6.98. The lowest BCUT2D eigenvalue weighted by Crippen LogP contribution is -2.09. The minimum atomic E-state index is -0.401. The highest BCUT2D eigenvalue weighted by Gasteiger charge is 2.29. The molecule has 0 unspecified atom stereocenters. The number of aromatic hydroxyl groups is 1. The van der Waals surface area contributed by atoms with Gasteiger partial charge < -0.3 is 29.2 Å². The number of methoxy groups -OCH3 is 1. The molecule has 0 bridgehead atoms. The van der Waals surface area contributed by atoms with Gasteiger partial charge in [0.05, 0.1) is 23.1 Å². The molecule has 6 rings (SSSR count). The number of carbonyl (C=O) groups excluding carboxylic acids is 1. The maximum absolute atomic E-state index is 12.7. The summed E-state index contributed by atoms with van der Waals surface area (Å²) in [5.74, 6) is -0.261. The molecule has 3 aromatic carbocycles. The van der Waals surface area contributed by atoms with Crippen LogP contribution in [0.3, 0.4) is 0 Å². The Morgan fingerprint density at radius 1 is 1.11 bits per heavy atom. The number of ether oxygens (including phenoxy) is 2. The fourth-order valence-corrected chi connectivity index (χ4v) is 5.54. The van der Waals surface area contributed by atoms with Crippen molar-refractivity contribution >= 4 is 38.5 Å². The Bertz CT molecular complexity index is 1610. The number of aromatic nitrogens is 2. The van der Waals surface area contributed by atoms with Crippen molar-refractivity contribution in [3.05, 3.63) is 65.4 Å². The van der Waals surface area contributed by atoms with Gasteiger partial charge in [-0.3, -0.25) is 0 Å². The van der Waals surface area contributed by atoms with Crippen LogP contribution in [0.1, 0.15) is 27.9 Å². The van der Waals surface area contributed by atoms with E-state index < -0.39 is 5.97 Å². The molecule has 0 radical (unpaired) electrons. The van der Waals surface area contributed by atoms with Crippen LogP contribution in [0.5, 0.6) is 5.88 Å². The molecule has 5 aromatic rings. The van der Waals surface area contributed by atoms with E-state index in [0.717, 1.165) is 55.7 Å². The molecule has 3 N–H and O–H groups in total. The van der Waals surface area contributed by atoms with E-state index in [2.05, 4.69) is 21.7 Å². The first kappa shape index (κ1) is 21.7. The summed E-state index contributed by atoms with van der Waals surface area (Å²) in [7, 11) is 1.56. The molecule has 0 spiro atoms. The standard InChI is InChI=1S/C28H26N2O5/c1-34-11-12-35-28(33)17-7-8-22-19(14-17)24-21-15-29-27(32)25(21)23-18-6-3-2-5-16(18)13-20(23)26(24)30(22)9-4-10-31/h2-3,5-8,14-15,29,31-32H,4,9-13H2,1H3. The van der Waals surface area contributed by atoms with E-state index in [1.54, 1.807) is 13.2 Å². The average molecular weight is 471 g/mol. The molecular formula is C28H26N2O5. The number of benzene rings is 3. The van der Waals surface area contributed by atoms with E-state index in [0.29, 0.717) is 25.1 Å². The number of hydrogen-bond acceptors (Lipinski definition) is 5. The fraction of sp³-hybridized carbons (Fsp3) is 0.250. The van der Waals surface area contributed by atoms with Crippen LogP contribution in [0.25, 0.3) is 43.7 Å². The second kappa shape index (κ2) is 8.45. The Balaban J connectivity index is 1.68. The topological polar surface area (TPSA) is 96.7 Å². The zero-order chi connectivity index (χ0) is 24.1. The number of aryl methyl sites for hydroxylation is 1. The third-order valence-corrected chi connectivity index (χ3v) is 6.98. The summed E-state index contributed by atoms with van der Waals surface area (Å²) in [5, 5.41) is 24.1. The van der Waals surface area contributed by atoms with E-state index in [9.17, 15) is 15.0 Å².